The Balaban J connectivity index is 1.49. The molecule has 0 aliphatic carbocycles. The number of carbonyl (C=O) groups is 2. The molecular formula is C19H18ClN3O3. The largest absolute Gasteiger partial charge is 0.484 e. The van der Waals surface area contributed by atoms with Crippen molar-refractivity contribution in [3.8, 4) is 5.75 Å². The van der Waals surface area contributed by atoms with Gasteiger partial charge in [0.25, 0.3) is 5.91 Å². The van der Waals surface area contributed by atoms with E-state index in [9.17, 15) is 9.59 Å². The van der Waals surface area contributed by atoms with Gasteiger partial charge in [-0.25, -0.2) is 4.98 Å². The molecule has 2 aromatic heterocycles. The Morgan fingerprint density at radius 1 is 1.15 bits per heavy atom. The zero-order valence-electron chi connectivity index (χ0n) is 14.2. The van der Waals surface area contributed by atoms with Crippen LogP contribution in [0.5, 0.6) is 5.75 Å². The van der Waals surface area contributed by atoms with Gasteiger partial charge in [-0.3, -0.25) is 9.59 Å². The summed E-state index contributed by atoms with van der Waals surface area (Å²) in [5, 5.41) is 3.37. The lowest BCUT2D eigenvalue weighted by atomic mass is 10.1. The van der Waals surface area contributed by atoms with E-state index in [2.05, 4.69) is 10.3 Å². The molecule has 0 saturated heterocycles. The summed E-state index contributed by atoms with van der Waals surface area (Å²) in [4.78, 5) is 27.9. The van der Waals surface area contributed by atoms with Crippen molar-refractivity contribution in [3.05, 3.63) is 65.1 Å². The fourth-order valence-electron chi connectivity index (χ4n) is 2.43. The number of benzene rings is 1. The van der Waals surface area contributed by atoms with Crippen molar-refractivity contribution in [1.29, 1.82) is 0 Å². The van der Waals surface area contributed by atoms with Gasteiger partial charge in [-0.1, -0.05) is 18.5 Å². The van der Waals surface area contributed by atoms with Crippen molar-refractivity contribution in [2.24, 2.45) is 0 Å². The number of rotatable bonds is 7. The number of hydrogen-bond donors (Lipinski definition) is 1. The lowest BCUT2D eigenvalue weighted by Gasteiger charge is -2.07. The lowest BCUT2D eigenvalue weighted by molar-refractivity contribution is -0.123. The molecule has 2 heterocycles. The quantitative estimate of drug-likeness (QED) is 0.647. The topological polar surface area (TPSA) is 72.7 Å². The first-order valence-electron chi connectivity index (χ1n) is 8.21. The highest BCUT2D eigenvalue weighted by Gasteiger charge is 2.07. The molecule has 26 heavy (non-hydrogen) atoms. The Labute approximate surface area is 155 Å². The van der Waals surface area contributed by atoms with Crippen LogP contribution in [0.3, 0.4) is 0 Å². The highest BCUT2D eigenvalue weighted by Crippen LogP contribution is 2.14. The maximum absolute atomic E-state index is 11.9. The molecule has 7 heteroatoms. The molecule has 0 aliphatic heterocycles. The van der Waals surface area contributed by atoms with E-state index in [-0.39, 0.29) is 18.3 Å². The van der Waals surface area contributed by atoms with Crippen LogP contribution in [-0.2, 0) is 11.3 Å². The second kappa shape index (κ2) is 8.01. The van der Waals surface area contributed by atoms with Gasteiger partial charge in [-0.15, -0.1) is 0 Å². The fraction of sp³-hybridized carbons (Fsp3) is 0.211. The molecule has 3 aromatic rings. The molecule has 1 N–H and O–H groups in total. The standard InChI is InChI=1S/C19H18ClN3O3/c1-2-17(24)13-3-6-16(7-4-13)26-12-19(25)21-9-15-11-23-10-14(20)5-8-18(23)22-15/h3-8,10-11H,2,9,12H2,1H3,(H,21,25). The number of nitrogens with zero attached hydrogens (tertiary/aromatic N) is 2. The summed E-state index contributed by atoms with van der Waals surface area (Å²) in [5.74, 6) is 0.354. The zero-order valence-corrected chi connectivity index (χ0v) is 15.0. The number of amides is 1. The van der Waals surface area contributed by atoms with Gasteiger partial charge in [0.1, 0.15) is 11.4 Å². The minimum Gasteiger partial charge on any atom is -0.484 e. The van der Waals surface area contributed by atoms with Crippen molar-refractivity contribution in [2.45, 2.75) is 19.9 Å². The molecule has 3 rings (SSSR count). The first kappa shape index (κ1) is 17.9. The number of hydrogen-bond acceptors (Lipinski definition) is 4. The number of nitrogens with one attached hydrogen (secondary N) is 1. The van der Waals surface area contributed by atoms with Crippen LogP contribution in [0.4, 0.5) is 0 Å². The maximum Gasteiger partial charge on any atom is 0.258 e. The Morgan fingerprint density at radius 3 is 2.65 bits per heavy atom. The first-order valence-corrected chi connectivity index (χ1v) is 8.59. The van der Waals surface area contributed by atoms with Crippen molar-refractivity contribution in [1.82, 2.24) is 14.7 Å². The maximum atomic E-state index is 11.9. The van der Waals surface area contributed by atoms with Crippen LogP contribution >= 0.6 is 11.6 Å². The molecule has 1 amide bonds. The number of Topliss-reactive ketones (excluding diaryl/α,β-unsaturated/α-hetero) is 1. The minimum atomic E-state index is -0.256. The summed E-state index contributed by atoms with van der Waals surface area (Å²) >= 11 is 5.94. The molecule has 0 unspecified atom stereocenters. The van der Waals surface area contributed by atoms with Crippen LogP contribution in [0, 0.1) is 0 Å². The second-order valence-corrected chi connectivity index (χ2v) is 6.15. The Hall–Kier alpha value is -2.86. The number of ketones is 1. The molecule has 134 valence electrons. The minimum absolute atomic E-state index is 0.0723. The average molecular weight is 372 g/mol. The Morgan fingerprint density at radius 2 is 1.92 bits per heavy atom. The number of ether oxygens (including phenoxy) is 1. The molecular weight excluding hydrogens is 354 g/mol. The highest BCUT2D eigenvalue weighted by atomic mass is 35.5. The van der Waals surface area contributed by atoms with Gasteiger partial charge in [-0.05, 0) is 36.4 Å². The van der Waals surface area contributed by atoms with E-state index < -0.39 is 0 Å². The van der Waals surface area contributed by atoms with Gasteiger partial charge in [-0.2, -0.15) is 0 Å². The Kier molecular flexibility index (Phi) is 5.53. The summed E-state index contributed by atoms with van der Waals surface area (Å²) in [6.45, 7) is 2.00. The lowest BCUT2D eigenvalue weighted by Crippen LogP contribution is -2.28. The third-order valence-electron chi connectivity index (χ3n) is 3.80. The van der Waals surface area contributed by atoms with E-state index in [0.29, 0.717) is 29.3 Å². The van der Waals surface area contributed by atoms with Crippen molar-refractivity contribution >= 4 is 28.9 Å². The summed E-state index contributed by atoms with van der Waals surface area (Å²) in [6, 6.07) is 10.3. The molecule has 0 fully saturated rings. The number of pyridine rings is 1. The van der Waals surface area contributed by atoms with Crippen LogP contribution < -0.4 is 10.1 Å². The summed E-state index contributed by atoms with van der Waals surface area (Å²) < 4.78 is 7.24. The fourth-order valence-corrected chi connectivity index (χ4v) is 2.60. The van der Waals surface area contributed by atoms with Crippen LogP contribution in [0.25, 0.3) is 5.65 Å². The van der Waals surface area contributed by atoms with Crippen molar-refractivity contribution in [2.75, 3.05) is 6.61 Å². The van der Waals surface area contributed by atoms with Gasteiger partial charge < -0.3 is 14.5 Å². The highest BCUT2D eigenvalue weighted by molar-refractivity contribution is 6.30. The predicted octanol–water partition coefficient (Wildman–Crippen LogP) is 3.28. The molecule has 0 atom stereocenters. The summed E-state index contributed by atoms with van der Waals surface area (Å²) in [6.07, 6.45) is 4.02. The molecule has 6 nitrogen and oxygen atoms in total. The SMILES string of the molecule is CCC(=O)c1ccc(OCC(=O)NCc2cn3cc(Cl)ccc3n2)cc1. The molecule has 0 aliphatic rings. The van der Waals surface area contributed by atoms with Crippen molar-refractivity contribution in [3.63, 3.8) is 0 Å². The van der Waals surface area contributed by atoms with Gasteiger partial charge in [0.2, 0.25) is 0 Å². The number of imidazole rings is 1. The van der Waals surface area contributed by atoms with Gasteiger partial charge >= 0.3 is 0 Å². The number of carbonyl (C=O) groups excluding carboxylic acids is 2. The van der Waals surface area contributed by atoms with E-state index in [1.54, 1.807) is 40.9 Å². The molecule has 0 spiro atoms. The zero-order chi connectivity index (χ0) is 18.5. The van der Waals surface area contributed by atoms with Gasteiger partial charge in [0.05, 0.1) is 17.3 Å². The van der Waals surface area contributed by atoms with E-state index >= 15 is 0 Å². The van der Waals surface area contributed by atoms with E-state index in [1.807, 2.05) is 19.2 Å². The molecule has 0 radical (unpaired) electrons. The van der Waals surface area contributed by atoms with Crippen molar-refractivity contribution < 1.29 is 14.3 Å². The van der Waals surface area contributed by atoms with Crippen LogP contribution in [0.15, 0.2) is 48.8 Å². The van der Waals surface area contributed by atoms with E-state index in [1.165, 1.54) is 0 Å². The third-order valence-corrected chi connectivity index (χ3v) is 4.02. The van der Waals surface area contributed by atoms with Crippen LogP contribution in [0.2, 0.25) is 5.02 Å². The third kappa shape index (κ3) is 4.40. The van der Waals surface area contributed by atoms with E-state index in [0.717, 1.165) is 11.3 Å². The van der Waals surface area contributed by atoms with E-state index in [4.69, 9.17) is 16.3 Å². The Bertz CT molecular complexity index is 935. The number of fused-ring (bicyclic) bond motifs is 1. The monoisotopic (exact) mass is 371 g/mol. The number of halogens is 1. The smallest absolute Gasteiger partial charge is 0.258 e. The number of aromatic nitrogens is 2. The molecule has 0 saturated carbocycles. The molecule has 0 bridgehead atoms. The summed E-state index contributed by atoms with van der Waals surface area (Å²) in [7, 11) is 0. The van der Waals surface area contributed by atoms with Gasteiger partial charge in [0, 0.05) is 24.4 Å². The summed E-state index contributed by atoms with van der Waals surface area (Å²) in [5.41, 5.74) is 2.12. The molecule has 1 aromatic carbocycles. The first-order chi connectivity index (χ1) is 12.5. The predicted molar refractivity (Wildman–Crippen MR) is 98.6 cm³/mol. The second-order valence-electron chi connectivity index (χ2n) is 5.71. The average Bonchev–Trinajstić information content (AvgIpc) is 3.06. The van der Waals surface area contributed by atoms with Gasteiger partial charge in [0.15, 0.2) is 12.4 Å². The normalized spacial score (nSPS) is 10.7. The van der Waals surface area contributed by atoms with Crippen LogP contribution in [0.1, 0.15) is 29.4 Å². The van der Waals surface area contributed by atoms with Crippen LogP contribution in [-0.4, -0.2) is 27.7 Å².